The summed E-state index contributed by atoms with van der Waals surface area (Å²) in [5.41, 5.74) is 0.132. The topological polar surface area (TPSA) is 75.2 Å². The Morgan fingerprint density at radius 2 is 2.00 bits per heavy atom. The molecule has 2 N–H and O–H groups in total. The normalized spacial score (nSPS) is 31.3. The first-order valence-electron chi connectivity index (χ1n) is 9.93. The molecule has 26 heavy (non-hydrogen) atoms. The van der Waals surface area contributed by atoms with Crippen LogP contribution in [0, 0.1) is 11.3 Å². The van der Waals surface area contributed by atoms with E-state index in [2.05, 4.69) is 36.4 Å². The van der Waals surface area contributed by atoms with Gasteiger partial charge in [-0.15, -0.1) is 0 Å². The zero-order chi connectivity index (χ0) is 18.7. The highest BCUT2D eigenvalue weighted by Gasteiger charge is 2.59. The number of guanidine groups is 1. The second kappa shape index (κ2) is 8.13. The fourth-order valence-electron chi connectivity index (χ4n) is 4.74. The number of ether oxygens (including phenoxy) is 2. The molecule has 148 valence electrons. The molecule has 7 nitrogen and oxygen atoms in total. The molecule has 2 aliphatic heterocycles. The Balaban J connectivity index is 1.52. The van der Waals surface area contributed by atoms with E-state index in [4.69, 9.17) is 9.47 Å². The van der Waals surface area contributed by atoms with Gasteiger partial charge >= 0.3 is 0 Å². The number of methoxy groups -OCH3 is 1. The average Bonchev–Trinajstić information content (AvgIpc) is 3.08. The number of amides is 1. The molecule has 0 aromatic carbocycles. The van der Waals surface area contributed by atoms with Gasteiger partial charge in [0, 0.05) is 56.8 Å². The van der Waals surface area contributed by atoms with Gasteiger partial charge in [-0.1, -0.05) is 13.8 Å². The van der Waals surface area contributed by atoms with E-state index in [1.54, 1.807) is 7.11 Å². The Morgan fingerprint density at radius 1 is 1.27 bits per heavy atom. The van der Waals surface area contributed by atoms with Crippen molar-refractivity contribution in [2.45, 2.75) is 58.2 Å². The lowest BCUT2D eigenvalue weighted by molar-refractivity contribution is -0.136. The number of nitrogens with one attached hydrogen (secondary N) is 2. The van der Waals surface area contributed by atoms with E-state index in [1.807, 2.05) is 4.90 Å². The summed E-state index contributed by atoms with van der Waals surface area (Å²) in [6.45, 7) is 9.95. The number of carbonyl (C=O) groups excluding carboxylic acids is 1. The van der Waals surface area contributed by atoms with Crippen molar-refractivity contribution in [2.24, 2.45) is 16.3 Å². The standard InChI is InChI=1S/C19H34N4O3/c1-5-20-18(22-16-14-8-11-26-17(14)19(16,2)3)21-13-6-9-23(10-7-13)15(24)12-25-4/h13-14,16-17H,5-12H2,1-4H3,(H2,20,21,22). The molecule has 3 unspecified atom stereocenters. The number of fused-ring (bicyclic) bond motifs is 1. The maximum absolute atomic E-state index is 11.9. The lowest BCUT2D eigenvalue weighted by Gasteiger charge is -2.55. The van der Waals surface area contributed by atoms with Crippen LogP contribution in [0.5, 0.6) is 0 Å². The van der Waals surface area contributed by atoms with Gasteiger partial charge in [-0.3, -0.25) is 9.79 Å². The summed E-state index contributed by atoms with van der Waals surface area (Å²) >= 11 is 0. The zero-order valence-electron chi connectivity index (χ0n) is 16.6. The monoisotopic (exact) mass is 366 g/mol. The summed E-state index contributed by atoms with van der Waals surface area (Å²) in [7, 11) is 1.56. The third-order valence-electron chi connectivity index (χ3n) is 6.17. The van der Waals surface area contributed by atoms with Crippen LogP contribution in [-0.2, 0) is 14.3 Å². The van der Waals surface area contributed by atoms with Gasteiger partial charge < -0.3 is 25.0 Å². The number of piperidine rings is 1. The minimum Gasteiger partial charge on any atom is -0.377 e. The number of rotatable bonds is 5. The molecule has 1 aliphatic carbocycles. The predicted octanol–water partition coefficient (Wildman–Crippen LogP) is 0.992. The maximum atomic E-state index is 11.9. The van der Waals surface area contributed by atoms with Crippen molar-refractivity contribution in [3.05, 3.63) is 0 Å². The lowest BCUT2D eigenvalue weighted by atomic mass is 9.57. The number of aliphatic imine (C=N–C) groups is 1. The number of likely N-dealkylation sites (tertiary alicyclic amines) is 1. The highest BCUT2D eigenvalue weighted by atomic mass is 16.5. The molecule has 1 saturated carbocycles. The lowest BCUT2D eigenvalue weighted by Crippen LogP contribution is -2.68. The highest BCUT2D eigenvalue weighted by molar-refractivity contribution is 5.81. The molecular weight excluding hydrogens is 332 g/mol. The number of nitrogens with zero attached hydrogens (tertiary/aromatic N) is 2. The minimum atomic E-state index is 0.0787. The molecule has 3 rings (SSSR count). The van der Waals surface area contributed by atoms with Gasteiger partial charge in [0.1, 0.15) is 6.61 Å². The van der Waals surface area contributed by atoms with Gasteiger partial charge in [-0.05, 0) is 26.2 Å². The summed E-state index contributed by atoms with van der Waals surface area (Å²) in [6, 6.07) is 0.745. The van der Waals surface area contributed by atoms with Crippen molar-refractivity contribution >= 4 is 11.9 Å². The van der Waals surface area contributed by atoms with Crippen LogP contribution in [0.3, 0.4) is 0 Å². The first-order valence-corrected chi connectivity index (χ1v) is 9.93. The molecule has 1 amide bonds. The second-order valence-electron chi connectivity index (χ2n) is 8.24. The van der Waals surface area contributed by atoms with Crippen molar-refractivity contribution in [3.8, 4) is 0 Å². The Hall–Kier alpha value is -1.34. The molecular formula is C19H34N4O3. The minimum absolute atomic E-state index is 0.0787. The van der Waals surface area contributed by atoms with Crippen LogP contribution in [0.25, 0.3) is 0 Å². The molecule has 0 aromatic heterocycles. The third kappa shape index (κ3) is 3.83. The Morgan fingerprint density at radius 3 is 2.65 bits per heavy atom. The van der Waals surface area contributed by atoms with Gasteiger partial charge in [0.15, 0.2) is 5.96 Å². The molecule has 3 atom stereocenters. The van der Waals surface area contributed by atoms with E-state index in [0.717, 1.165) is 51.5 Å². The van der Waals surface area contributed by atoms with Crippen LogP contribution in [-0.4, -0.2) is 74.9 Å². The van der Waals surface area contributed by atoms with E-state index in [-0.39, 0.29) is 17.9 Å². The van der Waals surface area contributed by atoms with Crippen LogP contribution in [0.1, 0.15) is 40.0 Å². The summed E-state index contributed by atoms with van der Waals surface area (Å²) in [5, 5.41) is 7.27. The van der Waals surface area contributed by atoms with E-state index < -0.39 is 0 Å². The number of hydrogen-bond donors (Lipinski definition) is 2. The fraction of sp³-hybridized carbons (Fsp3) is 0.895. The molecule has 2 heterocycles. The van der Waals surface area contributed by atoms with E-state index >= 15 is 0 Å². The van der Waals surface area contributed by atoms with Gasteiger partial charge in [-0.25, -0.2) is 0 Å². The van der Waals surface area contributed by atoms with Crippen molar-refractivity contribution in [3.63, 3.8) is 0 Å². The Kier molecular flexibility index (Phi) is 6.07. The average molecular weight is 367 g/mol. The second-order valence-corrected chi connectivity index (χ2v) is 8.24. The molecule has 0 spiro atoms. The Labute approximate surface area is 156 Å². The molecule has 0 bridgehead atoms. The molecule has 7 heteroatoms. The third-order valence-corrected chi connectivity index (χ3v) is 6.17. The molecule has 2 saturated heterocycles. The summed E-state index contributed by atoms with van der Waals surface area (Å²) in [4.78, 5) is 18.5. The zero-order valence-corrected chi connectivity index (χ0v) is 16.6. The van der Waals surface area contributed by atoms with Crippen LogP contribution in [0.4, 0.5) is 0 Å². The summed E-state index contributed by atoms with van der Waals surface area (Å²) < 4.78 is 10.8. The smallest absolute Gasteiger partial charge is 0.248 e. The van der Waals surface area contributed by atoms with Gasteiger partial charge in [0.25, 0.3) is 0 Å². The van der Waals surface area contributed by atoms with Crippen molar-refractivity contribution < 1.29 is 14.3 Å². The highest BCUT2D eigenvalue weighted by Crippen LogP contribution is 2.52. The van der Waals surface area contributed by atoms with Gasteiger partial charge in [0.05, 0.1) is 6.10 Å². The largest absolute Gasteiger partial charge is 0.377 e. The number of carbonyl (C=O) groups is 1. The molecule has 3 aliphatic rings. The molecule has 0 radical (unpaired) electrons. The van der Waals surface area contributed by atoms with E-state index in [1.165, 1.54) is 0 Å². The van der Waals surface area contributed by atoms with Crippen LogP contribution >= 0.6 is 0 Å². The first kappa shape index (κ1) is 19.4. The van der Waals surface area contributed by atoms with Crippen molar-refractivity contribution in [1.29, 1.82) is 0 Å². The maximum Gasteiger partial charge on any atom is 0.248 e. The van der Waals surface area contributed by atoms with Crippen LogP contribution in [0.2, 0.25) is 0 Å². The fourth-order valence-corrected chi connectivity index (χ4v) is 4.74. The molecule has 3 fully saturated rings. The van der Waals surface area contributed by atoms with Crippen molar-refractivity contribution in [2.75, 3.05) is 40.0 Å². The van der Waals surface area contributed by atoms with Crippen LogP contribution < -0.4 is 10.6 Å². The Bertz CT molecular complexity index is 529. The SMILES string of the molecule is CCN=C(NC1CCN(C(=O)COC)CC1)NC1C2CCOC2C1(C)C. The van der Waals surface area contributed by atoms with Crippen LogP contribution in [0.15, 0.2) is 4.99 Å². The summed E-state index contributed by atoms with van der Waals surface area (Å²) in [6.07, 6.45) is 3.37. The van der Waals surface area contributed by atoms with E-state index in [9.17, 15) is 4.79 Å². The van der Waals surface area contributed by atoms with Crippen molar-refractivity contribution in [1.82, 2.24) is 15.5 Å². The predicted molar refractivity (Wildman–Crippen MR) is 101 cm³/mol. The first-order chi connectivity index (χ1) is 12.5. The van der Waals surface area contributed by atoms with Gasteiger partial charge in [-0.2, -0.15) is 0 Å². The molecule has 0 aromatic rings. The van der Waals surface area contributed by atoms with E-state index in [0.29, 0.717) is 24.1 Å². The quantitative estimate of drug-likeness (QED) is 0.561. The number of hydrogen-bond acceptors (Lipinski definition) is 4. The summed E-state index contributed by atoms with van der Waals surface area (Å²) in [5.74, 6) is 1.56. The van der Waals surface area contributed by atoms with Gasteiger partial charge in [0.2, 0.25) is 5.91 Å².